The van der Waals surface area contributed by atoms with Gasteiger partial charge in [0.15, 0.2) is 0 Å². The van der Waals surface area contributed by atoms with E-state index in [-0.39, 0.29) is 11.5 Å². The highest BCUT2D eigenvalue weighted by Gasteiger charge is 2.31. The second kappa shape index (κ2) is 8.53. The monoisotopic (exact) mass is 403 g/mol. The van der Waals surface area contributed by atoms with E-state index in [2.05, 4.69) is 6.07 Å². The molecule has 1 unspecified atom stereocenters. The lowest BCUT2D eigenvalue weighted by molar-refractivity contribution is -0.137. The zero-order chi connectivity index (χ0) is 21.0. The van der Waals surface area contributed by atoms with Crippen molar-refractivity contribution in [1.82, 2.24) is 9.80 Å². The number of piperazine rings is 1. The highest BCUT2D eigenvalue weighted by molar-refractivity contribution is 5.94. The Labute approximate surface area is 166 Å². The van der Waals surface area contributed by atoms with Crippen LogP contribution in [0.3, 0.4) is 0 Å². The maximum atomic E-state index is 12.7. The predicted octanol–water partition coefficient (Wildman–Crippen LogP) is 3.74. The lowest BCUT2D eigenvalue weighted by atomic mass is 10.0. The quantitative estimate of drug-likeness (QED) is 0.781. The number of carbonyl (C=O) groups excluding carboxylic acids is 1. The van der Waals surface area contributed by atoms with Gasteiger partial charge in [0.2, 0.25) is 0 Å². The second-order valence-electron chi connectivity index (χ2n) is 6.71. The molecule has 0 aromatic heterocycles. The van der Waals surface area contributed by atoms with Crippen LogP contribution in [0.1, 0.15) is 27.5 Å². The third-order valence-corrected chi connectivity index (χ3v) is 4.98. The average Bonchev–Trinajstić information content (AvgIpc) is 2.74. The normalized spacial score (nSPS) is 16.2. The Kier molecular flexibility index (Phi) is 6.09. The third kappa shape index (κ3) is 4.69. The number of nitriles is 1. The third-order valence-electron chi connectivity index (χ3n) is 4.98. The second-order valence-corrected chi connectivity index (χ2v) is 6.71. The number of hydrogen-bond acceptors (Lipinski definition) is 4. The number of amides is 1. The lowest BCUT2D eigenvalue weighted by Gasteiger charge is -2.37. The fourth-order valence-corrected chi connectivity index (χ4v) is 3.32. The van der Waals surface area contributed by atoms with Crippen LogP contribution in [-0.2, 0) is 6.18 Å². The SMILES string of the molecule is COc1ccc(C(C#N)N2CCN(C(=O)c3ccc(C(F)(F)F)cc3)CC2)cc1. The van der Waals surface area contributed by atoms with E-state index >= 15 is 0 Å². The Morgan fingerprint density at radius 2 is 1.62 bits per heavy atom. The Bertz CT molecular complexity index is 881. The molecule has 1 amide bonds. The number of alkyl halides is 3. The molecule has 5 nitrogen and oxygen atoms in total. The first kappa shape index (κ1) is 20.7. The number of carbonyl (C=O) groups is 1. The van der Waals surface area contributed by atoms with Gasteiger partial charge in [0.1, 0.15) is 11.8 Å². The van der Waals surface area contributed by atoms with E-state index in [1.54, 1.807) is 24.1 Å². The molecule has 29 heavy (non-hydrogen) atoms. The number of rotatable bonds is 4. The molecule has 0 aliphatic carbocycles. The van der Waals surface area contributed by atoms with E-state index in [1.165, 1.54) is 12.1 Å². The van der Waals surface area contributed by atoms with Crippen molar-refractivity contribution in [2.24, 2.45) is 0 Å². The highest BCUT2D eigenvalue weighted by Crippen LogP contribution is 2.29. The molecule has 0 radical (unpaired) electrons. The summed E-state index contributed by atoms with van der Waals surface area (Å²) in [6.45, 7) is 1.79. The van der Waals surface area contributed by atoms with Gasteiger partial charge in [0, 0.05) is 31.7 Å². The molecule has 3 rings (SSSR count). The van der Waals surface area contributed by atoms with Crippen molar-refractivity contribution in [3.63, 3.8) is 0 Å². The Balaban J connectivity index is 1.63. The van der Waals surface area contributed by atoms with Gasteiger partial charge in [0.25, 0.3) is 5.91 Å². The summed E-state index contributed by atoms with van der Waals surface area (Å²) in [5, 5.41) is 9.61. The standard InChI is InChI=1S/C21H20F3N3O2/c1-29-18-8-4-15(5-9-18)19(14-25)26-10-12-27(13-11-26)20(28)16-2-6-17(7-3-16)21(22,23)24/h2-9,19H,10-13H2,1H3. The smallest absolute Gasteiger partial charge is 0.416 e. The molecule has 2 aromatic rings. The van der Waals surface area contributed by atoms with Crippen LogP contribution in [0.5, 0.6) is 5.75 Å². The summed E-state index contributed by atoms with van der Waals surface area (Å²) in [5.41, 5.74) is 0.282. The molecular formula is C21H20F3N3O2. The van der Waals surface area contributed by atoms with E-state index in [0.717, 1.165) is 17.7 Å². The maximum Gasteiger partial charge on any atom is 0.416 e. The van der Waals surface area contributed by atoms with Crippen LogP contribution in [0.15, 0.2) is 48.5 Å². The van der Waals surface area contributed by atoms with Crippen molar-refractivity contribution in [3.05, 3.63) is 65.2 Å². The maximum absolute atomic E-state index is 12.7. The molecule has 1 saturated heterocycles. The molecular weight excluding hydrogens is 383 g/mol. The molecule has 152 valence electrons. The number of halogens is 3. The number of nitrogens with zero attached hydrogens (tertiary/aromatic N) is 3. The summed E-state index contributed by atoms with van der Waals surface area (Å²) in [4.78, 5) is 16.2. The number of hydrogen-bond donors (Lipinski definition) is 0. The van der Waals surface area contributed by atoms with Crippen LogP contribution in [-0.4, -0.2) is 49.0 Å². The van der Waals surface area contributed by atoms with E-state index in [9.17, 15) is 23.2 Å². The van der Waals surface area contributed by atoms with Gasteiger partial charge in [0.05, 0.1) is 18.7 Å². The average molecular weight is 403 g/mol. The number of ether oxygens (including phenoxy) is 1. The number of methoxy groups -OCH3 is 1. The van der Waals surface area contributed by atoms with E-state index in [1.807, 2.05) is 17.0 Å². The van der Waals surface area contributed by atoms with E-state index in [4.69, 9.17) is 4.74 Å². The van der Waals surface area contributed by atoms with Crippen LogP contribution in [0.4, 0.5) is 13.2 Å². The van der Waals surface area contributed by atoms with E-state index < -0.39 is 17.8 Å². The summed E-state index contributed by atoms with van der Waals surface area (Å²) in [5.74, 6) is 0.397. The molecule has 0 N–H and O–H groups in total. The van der Waals surface area contributed by atoms with Crippen molar-refractivity contribution in [3.8, 4) is 11.8 Å². The van der Waals surface area contributed by atoms with Gasteiger partial charge in [-0.2, -0.15) is 18.4 Å². The Morgan fingerprint density at radius 1 is 1.03 bits per heavy atom. The summed E-state index contributed by atoms with van der Waals surface area (Å²) in [6.07, 6.45) is -4.43. The van der Waals surface area contributed by atoms with Crippen molar-refractivity contribution in [2.75, 3.05) is 33.3 Å². The van der Waals surface area contributed by atoms with Gasteiger partial charge in [-0.25, -0.2) is 0 Å². The molecule has 1 fully saturated rings. The first-order chi connectivity index (χ1) is 13.8. The summed E-state index contributed by atoms with van der Waals surface area (Å²) < 4.78 is 43.2. The van der Waals surface area contributed by atoms with Crippen molar-refractivity contribution >= 4 is 5.91 Å². The first-order valence-electron chi connectivity index (χ1n) is 9.07. The minimum atomic E-state index is -4.43. The van der Waals surface area contributed by atoms with Crippen LogP contribution >= 0.6 is 0 Å². The number of benzene rings is 2. The Morgan fingerprint density at radius 3 is 2.10 bits per heavy atom. The molecule has 1 aliphatic heterocycles. The summed E-state index contributed by atoms with van der Waals surface area (Å²) in [6, 6.07) is 13.4. The summed E-state index contributed by atoms with van der Waals surface area (Å²) >= 11 is 0. The van der Waals surface area contributed by atoms with Gasteiger partial charge >= 0.3 is 6.18 Å². The molecule has 8 heteroatoms. The molecule has 0 spiro atoms. The zero-order valence-corrected chi connectivity index (χ0v) is 15.8. The van der Waals surface area contributed by atoms with Gasteiger partial charge in [-0.05, 0) is 42.0 Å². The van der Waals surface area contributed by atoms with Crippen molar-refractivity contribution in [1.29, 1.82) is 5.26 Å². The molecule has 0 saturated carbocycles. The topological polar surface area (TPSA) is 56.6 Å². The summed E-state index contributed by atoms with van der Waals surface area (Å²) in [7, 11) is 1.57. The van der Waals surface area contributed by atoms with Crippen LogP contribution in [0.25, 0.3) is 0 Å². The highest BCUT2D eigenvalue weighted by atomic mass is 19.4. The lowest BCUT2D eigenvalue weighted by Crippen LogP contribution is -2.49. The zero-order valence-electron chi connectivity index (χ0n) is 15.8. The molecule has 1 heterocycles. The molecule has 0 bridgehead atoms. The van der Waals surface area contributed by atoms with Crippen molar-refractivity contribution in [2.45, 2.75) is 12.2 Å². The first-order valence-corrected chi connectivity index (χ1v) is 9.07. The molecule has 2 aromatic carbocycles. The van der Waals surface area contributed by atoms with E-state index in [0.29, 0.717) is 31.9 Å². The van der Waals surface area contributed by atoms with Gasteiger partial charge < -0.3 is 9.64 Å². The fraction of sp³-hybridized carbons (Fsp3) is 0.333. The minimum absolute atomic E-state index is 0.221. The fourth-order valence-electron chi connectivity index (χ4n) is 3.32. The van der Waals surface area contributed by atoms with Gasteiger partial charge in [-0.15, -0.1) is 0 Å². The Hall–Kier alpha value is -3.05. The van der Waals surface area contributed by atoms with Crippen LogP contribution in [0, 0.1) is 11.3 Å². The van der Waals surface area contributed by atoms with Gasteiger partial charge in [-0.3, -0.25) is 9.69 Å². The van der Waals surface area contributed by atoms with Gasteiger partial charge in [-0.1, -0.05) is 12.1 Å². The molecule has 1 aliphatic rings. The van der Waals surface area contributed by atoms with Crippen LogP contribution in [0.2, 0.25) is 0 Å². The molecule has 1 atom stereocenters. The predicted molar refractivity (Wildman–Crippen MR) is 100 cm³/mol. The van der Waals surface area contributed by atoms with Crippen molar-refractivity contribution < 1.29 is 22.7 Å². The van der Waals surface area contributed by atoms with Crippen LogP contribution < -0.4 is 4.74 Å². The largest absolute Gasteiger partial charge is 0.497 e. The minimum Gasteiger partial charge on any atom is -0.497 e.